The molecule has 1 amide bonds. The Bertz CT molecular complexity index is 993. The summed E-state index contributed by atoms with van der Waals surface area (Å²) in [7, 11) is -2.16. The Kier molecular flexibility index (Phi) is 8.06. The minimum atomic E-state index is -3.65. The van der Waals surface area contributed by atoms with Crippen molar-refractivity contribution in [1.29, 1.82) is 0 Å². The van der Waals surface area contributed by atoms with Gasteiger partial charge < -0.3 is 14.8 Å². The van der Waals surface area contributed by atoms with Gasteiger partial charge in [0.2, 0.25) is 10.0 Å². The first-order valence-corrected chi connectivity index (χ1v) is 11.3. The summed E-state index contributed by atoms with van der Waals surface area (Å²) < 4.78 is 38.9. The number of carbonyl (C=O) groups excluding carboxylic acids is 1. The minimum absolute atomic E-state index is 0.0663. The zero-order valence-corrected chi connectivity index (χ0v) is 19.2. The number of methoxy groups -OCH3 is 1. The zero-order chi connectivity index (χ0) is 21.6. The predicted molar refractivity (Wildman–Crippen MR) is 115 cm³/mol. The van der Waals surface area contributed by atoms with E-state index in [0.29, 0.717) is 33.7 Å². The summed E-state index contributed by atoms with van der Waals surface area (Å²) in [4.78, 5) is 12.7. The lowest BCUT2D eigenvalue weighted by Gasteiger charge is -2.14. The van der Waals surface area contributed by atoms with Crippen molar-refractivity contribution in [2.75, 3.05) is 26.8 Å². The predicted octanol–water partition coefficient (Wildman–Crippen LogP) is 3.18. The number of amides is 1. The van der Waals surface area contributed by atoms with E-state index in [9.17, 15) is 13.2 Å². The van der Waals surface area contributed by atoms with Gasteiger partial charge in [0.25, 0.3) is 5.91 Å². The van der Waals surface area contributed by atoms with E-state index in [2.05, 4.69) is 26.0 Å². The molecule has 0 atom stereocenters. The van der Waals surface area contributed by atoms with E-state index in [1.54, 1.807) is 31.2 Å². The van der Waals surface area contributed by atoms with E-state index >= 15 is 0 Å². The second-order valence-electron chi connectivity index (χ2n) is 6.35. The highest BCUT2D eigenvalue weighted by atomic mass is 79.9. The van der Waals surface area contributed by atoms with Crippen LogP contribution < -0.4 is 19.5 Å². The number of aryl methyl sites for hydroxylation is 2. The van der Waals surface area contributed by atoms with Gasteiger partial charge in [-0.2, -0.15) is 0 Å². The fourth-order valence-electron chi connectivity index (χ4n) is 2.67. The monoisotopic (exact) mass is 484 g/mol. The third-order valence-corrected chi connectivity index (χ3v) is 6.31. The molecule has 2 N–H and O–H groups in total. The van der Waals surface area contributed by atoms with Gasteiger partial charge in [-0.3, -0.25) is 4.79 Å². The van der Waals surface area contributed by atoms with Crippen LogP contribution in [0.15, 0.2) is 39.7 Å². The Hall–Kier alpha value is -2.10. The number of benzene rings is 2. The van der Waals surface area contributed by atoms with Crippen molar-refractivity contribution in [2.24, 2.45) is 0 Å². The number of hydrogen-bond acceptors (Lipinski definition) is 5. The Balaban J connectivity index is 1.99. The maximum atomic E-state index is 12.5. The van der Waals surface area contributed by atoms with Crippen LogP contribution in [0.3, 0.4) is 0 Å². The van der Waals surface area contributed by atoms with Gasteiger partial charge >= 0.3 is 0 Å². The van der Waals surface area contributed by atoms with Crippen molar-refractivity contribution in [3.63, 3.8) is 0 Å². The first-order valence-electron chi connectivity index (χ1n) is 9.05. The summed E-state index contributed by atoms with van der Waals surface area (Å²) in [6.07, 6.45) is 0. The minimum Gasteiger partial charge on any atom is -0.493 e. The van der Waals surface area contributed by atoms with Crippen molar-refractivity contribution in [3.8, 4) is 11.5 Å². The first kappa shape index (κ1) is 23.2. The fourth-order valence-corrected chi connectivity index (χ4v) is 4.59. The Labute approximate surface area is 180 Å². The van der Waals surface area contributed by atoms with E-state index in [1.807, 2.05) is 19.9 Å². The SMILES string of the molecule is CCOc1c(Br)cc(C(=O)NCCNS(=O)(=O)c2cc(C)ccc2C)cc1OC. The number of nitrogens with one attached hydrogen (secondary N) is 2. The topological polar surface area (TPSA) is 93.7 Å². The molecular weight excluding hydrogens is 460 g/mol. The van der Waals surface area contributed by atoms with Gasteiger partial charge in [0.1, 0.15) is 0 Å². The Morgan fingerprint density at radius 2 is 1.86 bits per heavy atom. The van der Waals surface area contributed by atoms with E-state index < -0.39 is 10.0 Å². The smallest absolute Gasteiger partial charge is 0.251 e. The summed E-state index contributed by atoms with van der Waals surface area (Å²) in [5, 5.41) is 2.70. The quantitative estimate of drug-likeness (QED) is 0.533. The zero-order valence-electron chi connectivity index (χ0n) is 16.8. The number of hydrogen-bond donors (Lipinski definition) is 2. The molecule has 2 aromatic carbocycles. The maximum Gasteiger partial charge on any atom is 0.251 e. The van der Waals surface area contributed by atoms with Gasteiger partial charge in [0.05, 0.1) is 23.1 Å². The van der Waals surface area contributed by atoms with Crippen LogP contribution in [0.1, 0.15) is 28.4 Å². The number of sulfonamides is 1. The number of carbonyl (C=O) groups is 1. The molecule has 0 unspecified atom stereocenters. The van der Waals surface area contributed by atoms with Crippen molar-refractivity contribution < 1.29 is 22.7 Å². The standard InChI is InChI=1S/C20H25BrN2O5S/c1-5-28-19-16(21)11-15(12-17(19)27-4)20(24)22-8-9-23-29(25,26)18-10-13(2)6-7-14(18)3/h6-7,10-12,23H,5,8-9H2,1-4H3,(H,22,24). The molecule has 0 fully saturated rings. The molecule has 29 heavy (non-hydrogen) atoms. The molecule has 0 heterocycles. The molecular formula is C20H25BrN2O5S. The van der Waals surface area contributed by atoms with Crippen LogP contribution in [0.2, 0.25) is 0 Å². The molecule has 0 bridgehead atoms. The lowest BCUT2D eigenvalue weighted by molar-refractivity contribution is 0.0954. The highest BCUT2D eigenvalue weighted by molar-refractivity contribution is 9.10. The molecule has 0 aromatic heterocycles. The van der Waals surface area contributed by atoms with Gasteiger partial charge in [0.15, 0.2) is 11.5 Å². The van der Waals surface area contributed by atoms with Crippen molar-refractivity contribution in [3.05, 3.63) is 51.5 Å². The second-order valence-corrected chi connectivity index (χ2v) is 8.93. The second kappa shape index (κ2) is 10.1. The normalized spacial score (nSPS) is 11.2. The van der Waals surface area contributed by atoms with Crippen molar-refractivity contribution >= 4 is 31.9 Å². The molecule has 7 nitrogen and oxygen atoms in total. The van der Waals surface area contributed by atoms with Crippen LogP contribution in [0, 0.1) is 13.8 Å². The number of rotatable bonds is 9. The van der Waals surface area contributed by atoms with E-state index in [4.69, 9.17) is 9.47 Å². The summed E-state index contributed by atoms with van der Waals surface area (Å²) in [5.41, 5.74) is 1.90. The average Bonchev–Trinajstić information content (AvgIpc) is 2.68. The van der Waals surface area contributed by atoms with Crippen LogP contribution in [-0.4, -0.2) is 41.1 Å². The molecule has 9 heteroatoms. The maximum absolute atomic E-state index is 12.5. The molecule has 0 saturated heterocycles. The number of ether oxygens (including phenoxy) is 2. The fraction of sp³-hybridized carbons (Fsp3) is 0.350. The summed E-state index contributed by atoms with van der Waals surface area (Å²) >= 11 is 3.38. The molecule has 0 spiro atoms. The van der Waals surface area contributed by atoms with E-state index in [0.717, 1.165) is 5.56 Å². The first-order chi connectivity index (χ1) is 13.7. The van der Waals surface area contributed by atoms with Crippen LogP contribution in [0.25, 0.3) is 0 Å². The van der Waals surface area contributed by atoms with Crippen LogP contribution in [0.4, 0.5) is 0 Å². The van der Waals surface area contributed by atoms with E-state index in [1.165, 1.54) is 7.11 Å². The molecule has 0 aliphatic carbocycles. The van der Waals surface area contributed by atoms with Gasteiger partial charge in [-0.1, -0.05) is 12.1 Å². The summed E-state index contributed by atoms with van der Waals surface area (Å²) in [6.45, 7) is 6.09. The van der Waals surface area contributed by atoms with Gasteiger partial charge in [-0.05, 0) is 66.0 Å². The van der Waals surface area contributed by atoms with E-state index in [-0.39, 0.29) is 23.9 Å². The number of halogens is 1. The molecule has 0 aliphatic heterocycles. The third kappa shape index (κ3) is 5.94. The van der Waals surface area contributed by atoms with Crippen LogP contribution in [0.5, 0.6) is 11.5 Å². The molecule has 2 aromatic rings. The largest absolute Gasteiger partial charge is 0.493 e. The summed E-state index contributed by atoms with van der Waals surface area (Å²) in [6, 6.07) is 8.45. The highest BCUT2D eigenvalue weighted by Crippen LogP contribution is 2.36. The van der Waals surface area contributed by atoms with Crippen LogP contribution >= 0.6 is 15.9 Å². The molecule has 0 saturated carbocycles. The van der Waals surface area contributed by atoms with Crippen LogP contribution in [-0.2, 0) is 10.0 Å². The summed E-state index contributed by atoms with van der Waals surface area (Å²) in [5.74, 6) is 0.604. The molecule has 0 aliphatic rings. The third-order valence-electron chi connectivity index (χ3n) is 4.12. The highest BCUT2D eigenvalue weighted by Gasteiger charge is 2.18. The Morgan fingerprint density at radius 1 is 1.14 bits per heavy atom. The molecule has 0 radical (unpaired) electrons. The average molecular weight is 485 g/mol. The van der Waals surface area contributed by atoms with Crippen molar-refractivity contribution in [2.45, 2.75) is 25.7 Å². The van der Waals surface area contributed by atoms with Gasteiger partial charge in [-0.15, -0.1) is 0 Å². The van der Waals surface area contributed by atoms with Crippen molar-refractivity contribution in [1.82, 2.24) is 10.0 Å². The molecule has 2 rings (SSSR count). The molecule has 158 valence electrons. The van der Waals surface area contributed by atoms with Gasteiger partial charge in [0, 0.05) is 18.7 Å². The lowest BCUT2D eigenvalue weighted by atomic mass is 10.2. The lowest BCUT2D eigenvalue weighted by Crippen LogP contribution is -2.35. The Morgan fingerprint density at radius 3 is 2.52 bits per heavy atom. The van der Waals surface area contributed by atoms with Gasteiger partial charge in [-0.25, -0.2) is 13.1 Å².